The fourth-order valence-corrected chi connectivity index (χ4v) is 5.64. The molecule has 0 aliphatic heterocycles. The van der Waals surface area contributed by atoms with Crippen molar-refractivity contribution in [2.45, 2.75) is 50.9 Å². The molecule has 21 heavy (non-hydrogen) atoms. The molecule has 4 rings (SSSR count). The summed E-state index contributed by atoms with van der Waals surface area (Å²) in [6, 6.07) is 6.70. The molecule has 0 radical (unpaired) electrons. The summed E-state index contributed by atoms with van der Waals surface area (Å²) in [6.45, 7) is 0. The Labute approximate surface area is 127 Å². The highest BCUT2D eigenvalue weighted by Crippen LogP contribution is 2.60. The van der Waals surface area contributed by atoms with Crippen LogP contribution in [0, 0.1) is 22.7 Å². The number of methoxy groups -OCH3 is 1. The van der Waals surface area contributed by atoms with Crippen molar-refractivity contribution in [2.24, 2.45) is 17.3 Å². The quantitative estimate of drug-likeness (QED) is 0.792. The Bertz CT molecular complexity index is 567. The maximum Gasteiger partial charge on any atom is 0.119 e. The third-order valence-electron chi connectivity index (χ3n) is 6.63. The lowest BCUT2D eigenvalue weighted by molar-refractivity contribution is 0.100. The number of hydrogen-bond acceptors (Lipinski definition) is 2. The van der Waals surface area contributed by atoms with Crippen LogP contribution in [0.3, 0.4) is 0 Å². The Morgan fingerprint density at radius 2 is 2.14 bits per heavy atom. The first-order chi connectivity index (χ1) is 10.3. The van der Waals surface area contributed by atoms with E-state index in [1.54, 1.807) is 12.7 Å². The van der Waals surface area contributed by atoms with Crippen molar-refractivity contribution in [3.05, 3.63) is 29.3 Å². The zero-order chi connectivity index (χ0) is 14.4. The lowest BCUT2D eigenvalue weighted by atomic mass is 9.55. The second-order valence-electron chi connectivity index (χ2n) is 7.29. The van der Waals surface area contributed by atoms with Gasteiger partial charge in [-0.15, -0.1) is 0 Å². The monoisotopic (exact) mass is 283 g/mol. The largest absolute Gasteiger partial charge is 0.497 e. The summed E-state index contributed by atoms with van der Waals surface area (Å²) in [6.07, 6.45) is 10.8. The third-order valence-corrected chi connectivity index (χ3v) is 6.63. The predicted molar refractivity (Wildman–Crippen MR) is 85.3 cm³/mol. The van der Waals surface area contributed by atoms with Gasteiger partial charge in [0.2, 0.25) is 0 Å². The number of ether oxygens (including phenoxy) is 1. The summed E-state index contributed by atoms with van der Waals surface area (Å²) < 4.78 is 5.39. The average Bonchev–Trinajstić information content (AvgIpc) is 2.98. The number of nitrogens with one attached hydrogen (secondary N) is 1. The van der Waals surface area contributed by atoms with E-state index in [4.69, 9.17) is 10.1 Å². The summed E-state index contributed by atoms with van der Waals surface area (Å²) >= 11 is 0. The molecule has 4 atom stereocenters. The van der Waals surface area contributed by atoms with Crippen LogP contribution in [0.1, 0.15) is 55.6 Å². The van der Waals surface area contributed by atoms with E-state index in [-0.39, 0.29) is 5.41 Å². The number of benzene rings is 1. The summed E-state index contributed by atoms with van der Waals surface area (Å²) in [5.41, 5.74) is 3.35. The molecule has 0 heterocycles. The Morgan fingerprint density at radius 1 is 1.24 bits per heavy atom. The molecule has 2 fully saturated rings. The Kier molecular flexibility index (Phi) is 3.09. The van der Waals surface area contributed by atoms with Crippen molar-refractivity contribution in [1.82, 2.24) is 0 Å². The van der Waals surface area contributed by atoms with E-state index in [0.717, 1.165) is 23.5 Å². The molecule has 0 saturated heterocycles. The fraction of sp³-hybridized carbons (Fsp3) is 0.632. The zero-order valence-corrected chi connectivity index (χ0v) is 12.9. The highest BCUT2D eigenvalue weighted by molar-refractivity contribution is 5.64. The van der Waals surface area contributed by atoms with Crippen molar-refractivity contribution < 1.29 is 4.74 Å². The normalized spacial score (nSPS) is 37.3. The van der Waals surface area contributed by atoms with E-state index in [9.17, 15) is 0 Å². The number of fused-ring (bicyclic) bond motifs is 5. The van der Waals surface area contributed by atoms with E-state index in [0.29, 0.717) is 0 Å². The predicted octanol–water partition coefficient (Wildman–Crippen LogP) is 4.57. The van der Waals surface area contributed by atoms with Gasteiger partial charge < -0.3 is 10.1 Å². The molecular weight excluding hydrogens is 258 g/mol. The second-order valence-corrected chi connectivity index (χ2v) is 7.29. The molecular formula is C19H25NO. The topological polar surface area (TPSA) is 33.1 Å². The Balaban J connectivity index is 1.69. The first-order valence-corrected chi connectivity index (χ1v) is 8.46. The molecule has 2 heteroatoms. The summed E-state index contributed by atoms with van der Waals surface area (Å²) in [4.78, 5) is 0. The molecule has 1 N–H and O–H groups in total. The molecule has 1 aromatic carbocycles. The van der Waals surface area contributed by atoms with Crippen LogP contribution < -0.4 is 4.74 Å². The van der Waals surface area contributed by atoms with Crippen LogP contribution in [0.15, 0.2) is 18.2 Å². The molecule has 0 bridgehead atoms. The van der Waals surface area contributed by atoms with Gasteiger partial charge in [0.1, 0.15) is 5.75 Å². The van der Waals surface area contributed by atoms with Crippen LogP contribution in [0.25, 0.3) is 0 Å². The summed E-state index contributed by atoms with van der Waals surface area (Å²) in [7, 11) is 1.75. The number of rotatable bonds is 2. The van der Waals surface area contributed by atoms with Gasteiger partial charge in [-0.05, 0) is 79.5 Å². The van der Waals surface area contributed by atoms with E-state index >= 15 is 0 Å². The molecule has 2 nitrogen and oxygen atoms in total. The van der Waals surface area contributed by atoms with Gasteiger partial charge in [-0.25, -0.2) is 0 Å². The van der Waals surface area contributed by atoms with Gasteiger partial charge in [-0.2, -0.15) is 0 Å². The molecule has 0 aromatic heterocycles. The van der Waals surface area contributed by atoms with Crippen LogP contribution in [0.2, 0.25) is 0 Å². The molecule has 1 aromatic rings. The van der Waals surface area contributed by atoms with Gasteiger partial charge in [-0.3, -0.25) is 0 Å². The third kappa shape index (κ3) is 1.88. The van der Waals surface area contributed by atoms with Crippen LogP contribution in [0.5, 0.6) is 5.75 Å². The number of aryl methyl sites for hydroxylation is 1. The van der Waals surface area contributed by atoms with Crippen LogP contribution in [-0.4, -0.2) is 13.3 Å². The van der Waals surface area contributed by atoms with E-state index in [1.165, 1.54) is 50.5 Å². The minimum Gasteiger partial charge on any atom is -0.497 e. The second kappa shape index (κ2) is 4.86. The van der Waals surface area contributed by atoms with E-state index < -0.39 is 0 Å². The van der Waals surface area contributed by atoms with Crippen molar-refractivity contribution in [2.75, 3.05) is 7.11 Å². The van der Waals surface area contributed by atoms with Crippen molar-refractivity contribution in [3.8, 4) is 5.75 Å². The van der Waals surface area contributed by atoms with Gasteiger partial charge in [0.05, 0.1) is 7.11 Å². The van der Waals surface area contributed by atoms with Gasteiger partial charge in [0.25, 0.3) is 0 Å². The maximum absolute atomic E-state index is 7.98. The molecule has 2 saturated carbocycles. The van der Waals surface area contributed by atoms with Crippen LogP contribution >= 0.6 is 0 Å². The first-order valence-electron chi connectivity index (χ1n) is 8.46. The van der Waals surface area contributed by atoms with Gasteiger partial charge >= 0.3 is 0 Å². The molecule has 0 amide bonds. The van der Waals surface area contributed by atoms with Gasteiger partial charge in [-0.1, -0.05) is 12.5 Å². The molecule has 3 aliphatic rings. The average molecular weight is 283 g/mol. The van der Waals surface area contributed by atoms with Crippen molar-refractivity contribution in [3.63, 3.8) is 0 Å². The molecule has 0 unspecified atom stereocenters. The van der Waals surface area contributed by atoms with Gasteiger partial charge in [0, 0.05) is 11.6 Å². The zero-order valence-electron chi connectivity index (χ0n) is 12.9. The molecule has 3 aliphatic carbocycles. The summed E-state index contributed by atoms with van der Waals surface area (Å²) in [5, 5.41) is 7.98. The van der Waals surface area contributed by atoms with Crippen LogP contribution in [0.4, 0.5) is 0 Å². The number of hydrogen-bond donors (Lipinski definition) is 1. The lowest BCUT2D eigenvalue weighted by Crippen LogP contribution is -2.42. The smallest absolute Gasteiger partial charge is 0.119 e. The SMILES string of the molecule is COc1ccc2c(c1)CC[C@@H]1[C@@H]2CC[C@]2(C=N)CCC[C@@H]12. The Hall–Kier alpha value is -1.31. The van der Waals surface area contributed by atoms with Gasteiger partial charge in [0.15, 0.2) is 0 Å². The molecule has 112 valence electrons. The minimum absolute atomic E-state index is 0.255. The first kappa shape index (κ1) is 13.4. The highest BCUT2D eigenvalue weighted by atomic mass is 16.5. The molecule has 0 spiro atoms. The highest BCUT2D eigenvalue weighted by Gasteiger charge is 2.51. The van der Waals surface area contributed by atoms with Crippen molar-refractivity contribution >= 4 is 6.21 Å². The van der Waals surface area contributed by atoms with E-state index in [1.807, 2.05) is 6.21 Å². The Morgan fingerprint density at radius 3 is 2.95 bits per heavy atom. The maximum atomic E-state index is 7.98. The lowest BCUT2D eigenvalue weighted by Gasteiger charge is -2.49. The van der Waals surface area contributed by atoms with E-state index in [2.05, 4.69) is 18.2 Å². The fourth-order valence-electron chi connectivity index (χ4n) is 5.64. The summed E-state index contributed by atoms with van der Waals surface area (Å²) in [5.74, 6) is 3.31. The minimum atomic E-state index is 0.255. The van der Waals surface area contributed by atoms with Crippen molar-refractivity contribution in [1.29, 1.82) is 5.41 Å². The van der Waals surface area contributed by atoms with Crippen LogP contribution in [-0.2, 0) is 6.42 Å². The standard InChI is InChI=1S/C19H25NO/c1-21-14-5-7-15-13(11-14)4-6-17-16(15)8-10-19(12-20)9-2-3-18(17)19/h5,7,11-12,16-18,20H,2-4,6,8-10H2,1H3/t16-,17-,18+,19+/m1/s1.